The van der Waals surface area contributed by atoms with E-state index in [-0.39, 0.29) is 11.9 Å². The van der Waals surface area contributed by atoms with E-state index >= 15 is 0 Å². The number of hydrogen-bond acceptors (Lipinski definition) is 3. The van der Waals surface area contributed by atoms with E-state index in [1.54, 1.807) is 11.3 Å². The van der Waals surface area contributed by atoms with Gasteiger partial charge in [-0.1, -0.05) is 56.2 Å². The van der Waals surface area contributed by atoms with Crippen molar-refractivity contribution in [3.8, 4) is 0 Å². The zero-order chi connectivity index (χ0) is 15.1. The molecule has 1 aromatic heterocycles. The number of amides is 1. The summed E-state index contributed by atoms with van der Waals surface area (Å²) in [5.41, 5.74) is 7.05. The fourth-order valence-electron chi connectivity index (χ4n) is 2.22. The van der Waals surface area contributed by atoms with Crippen LogP contribution >= 0.6 is 11.3 Å². The van der Waals surface area contributed by atoms with Crippen LogP contribution in [-0.2, 0) is 4.79 Å². The van der Waals surface area contributed by atoms with Crippen molar-refractivity contribution >= 4 is 17.2 Å². The molecule has 1 unspecified atom stereocenters. The second kappa shape index (κ2) is 7.96. The Labute approximate surface area is 130 Å². The number of rotatable bonds is 7. The number of thiophene rings is 1. The predicted molar refractivity (Wildman–Crippen MR) is 88.2 cm³/mol. The highest BCUT2D eigenvalue weighted by Crippen LogP contribution is 2.26. The molecule has 112 valence electrons. The minimum absolute atomic E-state index is 0.0781. The van der Waals surface area contributed by atoms with Crippen molar-refractivity contribution in [1.29, 1.82) is 0 Å². The van der Waals surface area contributed by atoms with Crippen molar-refractivity contribution in [2.24, 2.45) is 5.73 Å². The summed E-state index contributed by atoms with van der Waals surface area (Å²) in [5, 5.41) is 5.11. The Balaban J connectivity index is 2.12. The number of benzene rings is 1. The summed E-state index contributed by atoms with van der Waals surface area (Å²) in [4.78, 5) is 13.4. The summed E-state index contributed by atoms with van der Waals surface area (Å²) in [6.07, 6.45) is 2.76. The van der Waals surface area contributed by atoms with E-state index in [0.717, 1.165) is 29.7 Å². The van der Waals surface area contributed by atoms with E-state index in [0.29, 0.717) is 0 Å². The summed E-state index contributed by atoms with van der Waals surface area (Å²) in [7, 11) is 0. The van der Waals surface area contributed by atoms with E-state index in [1.807, 2.05) is 47.8 Å². The molecule has 2 rings (SSSR count). The minimum atomic E-state index is -0.434. The van der Waals surface area contributed by atoms with Crippen LogP contribution in [0.25, 0.3) is 0 Å². The number of nitrogens with one attached hydrogen (secondary N) is 1. The van der Waals surface area contributed by atoms with E-state index < -0.39 is 6.04 Å². The largest absolute Gasteiger partial charge is 0.343 e. The van der Waals surface area contributed by atoms with Gasteiger partial charge in [-0.25, -0.2) is 0 Å². The third-order valence-corrected chi connectivity index (χ3v) is 4.39. The summed E-state index contributed by atoms with van der Waals surface area (Å²) in [5.74, 6) is -0.0781. The van der Waals surface area contributed by atoms with Gasteiger partial charge in [0.05, 0.1) is 12.1 Å². The quantitative estimate of drug-likeness (QED) is 0.823. The Morgan fingerprint density at radius 3 is 2.62 bits per heavy atom. The molecule has 0 saturated heterocycles. The third-order valence-electron chi connectivity index (χ3n) is 3.45. The van der Waals surface area contributed by atoms with Crippen molar-refractivity contribution in [3.63, 3.8) is 0 Å². The highest BCUT2D eigenvalue weighted by molar-refractivity contribution is 7.10. The highest BCUT2D eigenvalue weighted by Gasteiger charge is 2.21. The van der Waals surface area contributed by atoms with Gasteiger partial charge in [-0.05, 0) is 23.4 Å². The number of hydrogen-bond donors (Lipinski definition) is 2. The Morgan fingerprint density at radius 2 is 2.00 bits per heavy atom. The van der Waals surface area contributed by atoms with Crippen LogP contribution in [0.15, 0.2) is 47.8 Å². The first-order valence-electron chi connectivity index (χ1n) is 7.36. The minimum Gasteiger partial charge on any atom is -0.343 e. The molecule has 21 heavy (non-hydrogen) atoms. The number of carbonyl (C=O) groups excluding carboxylic acids is 1. The van der Waals surface area contributed by atoms with Crippen molar-refractivity contribution < 1.29 is 4.79 Å². The Bertz CT molecular complexity index is 539. The molecular weight excluding hydrogens is 280 g/mol. The second-order valence-electron chi connectivity index (χ2n) is 5.12. The van der Waals surface area contributed by atoms with E-state index in [9.17, 15) is 4.79 Å². The van der Waals surface area contributed by atoms with E-state index in [1.165, 1.54) is 0 Å². The molecular formula is C17H22N2OS. The van der Waals surface area contributed by atoms with Crippen LogP contribution in [0, 0.1) is 0 Å². The Morgan fingerprint density at radius 1 is 1.24 bits per heavy atom. The summed E-state index contributed by atoms with van der Waals surface area (Å²) in [6.45, 7) is 2.10. The van der Waals surface area contributed by atoms with Gasteiger partial charge in [-0.2, -0.15) is 0 Å². The number of carbonyl (C=O) groups is 1. The molecule has 0 saturated carbocycles. The van der Waals surface area contributed by atoms with Gasteiger partial charge in [-0.15, -0.1) is 11.3 Å². The standard InChI is InChI=1S/C17H22N2OS/c1-2-3-10-14(18)17(20)19-16(15-11-7-12-21-15)13-8-5-4-6-9-13/h4-9,11-12,14,16H,2-3,10,18H2,1H3,(H,19,20)/t14-,16?/m0/s1. The first-order chi connectivity index (χ1) is 10.2. The molecule has 4 heteroatoms. The SMILES string of the molecule is CCCC[C@H](N)C(=O)NC(c1ccccc1)c1cccs1. The monoisotopic (exact) mass is 302 g/mol. The average Bonchev–Trinajstić information content (AvgIpc) is 3.04. The molecule has 0 radical (unpaired) electrons. The van der Waals surface area contributed by atoms with Gasteiger partial charge in [0.2, 0.25) is 5.91 Å². The molecule has 2 aromatic rings. The van der Waals surface area contributed by atoms with E-state index in [4.69, 9.17) is 5.73 Å². The van der Waals surface area contributed by atoms with Gasteiger partial charge >= 0.3 is 0 Å². The predicted octanol–water partition coefficient (Wildman–Crippen LogP) is 3.47. The summed E-state index contributed by atoms with van der Waals surface area (Å²) in [6, 6.07) is 13.5. The molecule has 1 amide bonds. The highest BCUT2D eigenvalue weighted by atomic mass is 32.1. The van der Waals surface area contributed by atoms with Gasteiger partial charge in [0.25, 0.3) is 0 Å². The fraction of sp³-hybridized carbons (Fsp3) is 0.353. The normalized spacial score (nSPS) is 13.6. The van der Waals surface area contributed by atoms with Crippen LogP contribution in [0.5, 0.6) is 0 Å². The molecule has 0 aliphatic rings. The molecule has 1 aromatic carbocycles. The van der Waals surface area contributed by atoms with Crippen LogP contribution in [0.2, 0.25) is 0 Å². The fourth-order valence-corrected chi connectivity index (χ4v) is 3.03. The van der Waals surface area contributed by atoms with Gasteiger partial charge in [0.15, 0.2) is 0 Å². The summed E-state index contributed by atoms with van der Waals surface area (Å²) >= 11 is 1.64. The molecule has 3 nitrogen and oxygen atoms in total. The zero-order valence-corrected chi connectivity index (χ0v) is 13.1. The first-order valence-corrected chi connectivity index (χ1v) is 8.24. The average molecular weight is 302 g/mol. The molecule has 0 aliphatic carbocycles. The maximum atomic E-state index is 12.3. The lowest BCUT2D eigenvalue weighted by molar-refractivity contribution is -0.123. The number of unbranched alkanes of at least 4 members (excludes halogenated alkanes) is 1. The maximum Gasteiger partial charge on any atom is 0.237 e. The van der Waals surface area contributed by atoms with Crippen LogP contribution in [0.1, 0.15) is 42.7 Å². The topological polar surface area (TPSA) is 55.1 Å². The first kappa shape index (κ1) is 15.7. The lowest BCUT2D eigenvalue weighted by Crippen LogP contribution is -2.42. The number of nitrogens with two attached hydrogens (primary N) is 1. The lowest BCUT2D eigenvalue weighted by Gasteiger charge is -2.20. The lowest BCUT2D eigenvalue weighted by atomic mass is 10.0. The van der Waals surface area contributed by atoms with Crippen molar-refractivity contribution in [1.82, 2.24) is 5.32 Å². The molecule has 0 spiro atoms. The second-order valence-corrected chi connectivity index (χ2v) is 6.10. The summed E-state index contributed by atoms with van der Waals surface area (Å²) < 4.78 is 0. The smallest absolute Gasteiger partial charge is 0.237 e. The van der Waals surface area contributed by atoms with Crippen LogP contribution in [0.3, 0.4) is 0 Å². The molecule has 1 heterocycles. The Kier molecular flexibility index (Phi) is 5.96. The molecule has 0 aliphatic heterocycles. The molecule has 2 atom stereocenters. The van der Waals surface area contributed by atoms with Crippen molar-refractivity contribution in [2.75, 3.05) is 0 Å². The maximum absolute atomic E-state index is 12.3. The zero-order valence-electron chi connectivity index (χ0n) is 12.3. The van der Waals surface area contributed by atoms with Crippen LogP contribution < -0.4 is 11.1 Å². The van der Waals surface area contributed by atoms with Gasteiger partial charge in [-0.3, -0.25) is 4.79 Å². The van der Waals surface area contributed by atoms with Gasteiger partial charge < -0.3 is 11.1 Å². The van der Waals surface area contributed by atoms with Crippen molar-refractivity contribution in [3.05, 3.63) is 58.3 Å². The van der Waals surface area contributed by atoms with E-state index in [2.05, 4.69) is 12.2 Å². The van der Waals surface area contributed by atoms with Crippen molar-refractivity contribution in [2.45, 2.75) is 38.3 Å². The third kappa shape index (κ3) is 4.41. The van der Waals surface area contributed by atoms with Crippen LogP contribution in [0.4, 0.5) is 0 Å². The van der Waals surface area contributed by atoms with Gasteiger partial charge in [0, 0.05) is 4.88 Å². The molecule has 0 bridgehead atoms. The molecule has 3 N–H and O–H groups in total. The Hall–Kier alpha value is -1.65. The van der Waals surface area contributed by atoms with Gasteiger partial charge in [0.1, 0.15) is 0 Å². The van der Waals surface area contributed by atoms with Crippen LogP contribution in [-0.4, -0.2) is 11.9 Å². The molecule has 0 fully saturated rings.